The normalized spacial score (nSPS) is 10.3. The predicted molar refractivity (Wildman–Crippen MR) is 76.7 cm³/mol. The molecule has 0 bridgehead atoms. The largest absolute Gasteiger partial charge is 0.466 e. The van der Waals surface area contributed by atoms with E-state index < -0.39 is 0 Å². The highest BCUT2D eigenvalue weighted by molar-refractivity contribution is 6.03. The number of ether oxygens (including phenoxy) is 1. The number of H-pyrrole nitrogens is 1. The van der Waals surface area contributed by atoms with Gasteiger partial charge in [-0.1, -0.05) is 6.07 Å². The molecular formula is C14H13N5O2. The Labute approximate surface area is 120 Å². The minimum Gasteiger partial charge on any atom is -0.466 e. The number of rotatable bonds is 4. The van der Waals surface area contributed by atoms with Gasteiger partial charge in [-0.25, -0.2) is 5.10 Å². The highest BCUT2D eigenvalue weighted by Crippen LogP contribution is 2.13. The van der Waals surface area contributed by atoms with E-state index >= 15 is 0 Å². The van der Waals surface area contributed by atoms with Crippen LogP contribution in [0.15, 0.2) is 48.8 Å². The number of carbonyl (C=O) groups is 1. The molecule has 0 aliphatic rings. The summed E-state index contributed by atoms with van der Waals surface area (Å²) in [5.41, 5.74) is 1.43. The molecule has 0 fully saturated rings. The number of hydrogen-bond donors (Lipinski definition) is 2. The van der Waals surface area contributed by atoms with Crippen LogP contribution in [0.2, 0.25) is 0 Å². The van der Waals surface area contributed by atoms with E-state index in [9.17, 15) is 4.79 Å². The van der Waals surface area contributed by atoms with E-state index in [2.05, 4.69) is 20.5 Å². The second kappa shape index (κ2) is 5.49. The van der Waals surface area contributed by atoms with Gasteiger partial charge in [0.25, 0.3) is 5.91 Å². The Hall–Kier alpha value is -3.09. The number of nitrogens with zero attached hydrogens (tertiary/aromatic N) is 3. The van der Waals surface area contributed by atoms with Crippen molar-refractivity contribution in [3.05, 3.63) is 54.4 Å². The molecule has 0 spiro atoms. The first kappa shape index (κ1) is 12.9. The van der Waals surface area contributed by atoms with E-state index in [4.69, 9.17) is 4.74 Å². The first-order valence-electron chi connectivity index (χ1n) is 6.27. The van der Waals surface area contributed by atoms with Crippen LogP contribution in [-0.4, -0.2) is 32.8 Å². The number of amides is 1. The molecule has 0 unspecified atom stereocenters. The van der Waals surface area contributed by atoms with Crippen molar-refractivity contribution in [2.75, 3.05) is 12.4 Å². The van der Waals surface area contributed by atoms with Crippen molar-refractivity contribution in [1.82, 2.24) is 19.7 Å². The maximum absolute atomic E-state index is 12.2. The monoisotopic (exact) mass is 283 g/mol. The Balaban J connectivity index is 1.80. The van der Waals surface area contributed by atoms with Crippen LogP contribution in [0.1, 0.15) is 10.4 Å². The van der Waals surface area contributed by atoms with Gasteiger partial charge in [0, 0.05) is 23.6 Å². The summed E-state index contributed by atoms with van der Waals surface area (Å²) in [4.78, 5) is 16.1. The van der Waals surface area contributed by atoms with Gasteiger partial charge in [-0.2, -0.15) is 4.98 Å². The minimum atomic E-state index is -0.275. The number of benzene rings is 1. The Bertz CT molecular complexity index is 748. The van der Waals surface area contributed by atoms with Crippen molar-refractivity contribution in [2.45, 2.75) is 0 Å². The maximum Gasteiger partial charge on any atom is 0.336 e. The molecule has 7 heteroatoms. The first-order valence-corrected chi connectivity index (χ1v) is 6.27. The minimum absolute atomic E-state index is 0.173. The quantitative estimate of drug-likeness (QED) is 0.765. The third-order valence-electron chi connectivity index (χ3n) is 2.89. The van der Waals surface area contributed by atoms with Crippen molar-refractivity contribution < 1.29 is 9.53 Å². The van der Waals surface area contributed by atoms with Crippen LogP contribution in [0, 0.1) is 0 Å². The lowest BCUT2D eigenvalue weighted by Crippen LogP contribution is -2.13. The van der Waals surface area contributed by atoms with Gasteiger partial charge in [0.05, 0.1) is 7.11 Å². The van der Waals surface area contributed by atoms with Crippen molar-refractivity contribution in [3.63, 3.8) is 0 Å². The zero-order chi connectivity index (χ0) is 14.7. The summed E-state index contributed by atoms with van der Waals surface area (Å²) in [6.45, 7) is 0. The molecule has 0 saturated heterocycles. The summed E-state index contributed by atoms with van der Waals surface area (Å²) < 4.78 is 6.77. The first-order chi connectivity index (χ1) is 10.3. The van der Waals surface area contributed by atoms with E-state index in [0.29, 0.717) is 5.56 Å². The summed E-state index contributed by atoms with van der Waals surface area (Å²) >= 11 is 0. The summed E-state index contributed by atoms with van der Waals surface area (Å²) in [5, 5.41) is 8.97. The van der Waals surface area contributed by atoms with Crippen LogP contribution in [0.3, 0.4) is 0 Å². The van der Waals surface area contributed by atoms with Gasteiger partial charge >= 0.3 is 6.01 Å². The molecule has 21 heavy (non-hydrogen) atoms. The van der Waals surface area contributed by atoms with E-state index in [1.165, 1.54) is 7.11 Å². The number of aromatic amines is 1. The summed E-state index contributed by atoms with van der Waals surface area (Å²) in [7, 11) is 1.45. The molecule has 0 atom stereocenters. The fraction of sp³-hybridized carbons (Fsp3) is 0.0714. The number of anilines is 1. The Morgan fingerprint density at radius 2 is 2.10 bits per heavy atom. The zero-order valence-corrected chi connectivity index (χ0v) is 11.3. The Morgan fingerprint density at radius 1 is 1.29 bits per heavy atom. The molecule has 7 nitrogen and oxygen atoms in total. The molecule has 0 radical (unpaired) electrons. The number of hydrogen-bond acceptors (Lipinski definition) is 4. The van der Waals surface area contributed by atoms with Crippen LogP contribution in [0.5, 0.6) is 6.01 Å². The summed E-state index contributed by atoms with van der Waals surface area (Å²) in [6, 6.07) is 11.3. The van der Waals surface area contributed by atoms with Crippen LogP contribution >= 0.6 is 0 Å². The van der Waals surface area contributed by atoms with E-state index in [1.54, 1.807) is 12.1 Å². The molecule has 3 aromatic rings. The predicted octanol–water partition coefficient (Wildman–Crippen LogP) is 1.86. The average molecular weight is 283 g/mol. The third kappa shape index (κ3) is 2.76. The highest BCUT2D eigenvalue weighted by atomic mass is 16.5. The van der Waals surface area contributed by atoms with Crippen LogP contribution < -0.4 is 10.1 Å². The summed E-state index contributed by atoms with van der Waals surface area (Å²) in [5.74, 6) is -0.0361. The lowest BCUT2D eigenvalue weighted by Gasteiger charge is -2.06. The summed E-state index contributed by atoms with van der Waals surface area (Å²) in [6.07, 6.45) is 3.83. The third-order valence-corrected chi connectivity index (χ3v) is 2.89. The second-order valence-electron chi connectivity index (χ2n) is 4.27. The lowest BCUT2D eigenvalue weighted by molar-refractivity contribution is 0.102. The molecule has 3 rings (SSSR count). The Morgan fingerprint density at radius 3 is 2.81 bits per heavy atom. The number of methoxy groups -OCH3 is 1. The number of nitrogens with one attached hydrogen (secondary N) is 2. The molecule has 1 amide bonds. The van der Waals surface area contributed by atoms with Gasteiger partial charge in [-0.3, -0.25) is 10.1 Å². The van der Waals surface area contributed by atoms with Crippen LogP contribution in [0.4, 0.5) is 5.95 Å². The number of carbonyl (C=O) groups excluding carboxylic acids is 1. The molecular weight excluding hydrogens is 270 g/mol. The average Bonchev–Trinajstić information content (AvgIpc) is 3.18. The van der Waals surface area contributed by atoms with E-state index in [1.807, 2.05) is 41.2 Å². The standard InChI is InChI=1S/C14H13N5O2/c1-21-14-16-13(17-18-14)15-12(20)10-5-4-6-11(9-10)19-7-2-3-8-19/h2-9H,1H3,(H2,15,16,17,18,20). The van der Waals surface area contributed by atoms with Crippen molar-refractivity contribution in [3.8, 4) is 11.7 Å². The molecule has 2 N–H and O–H groups in total. The highest BCUT2D eigenvalue weighted by Gasteiger charge is 2.10. The molecule has 0 aliphatic carbocycles. The molecule has 106 valence electrons. The van der Waals surface area contributed by atoms with Gasteiger partial charge in [-0.15, -0.1) is 5.10 Å². The fourth-order valence-electron chi connectivity index (χ4n) is 1.89. The molecule has 0 aliphatic heterocycles. The molecule has 1 aromatic carbocycles. The SMILES string of the molecule is COc1n[nH]c(NC(=O)c2cccc(-n3cccc3)c2)n1. The molecule has 0 saturated carbocycles. The topological polar surface area (TPSA) is 84.8 Å². The maximum atomic E-state index is 12.2. The van der Waals surface area contributed by atoms with Gasteiger partial charge in [0.2, 0.25) is 5.95 Å². The van der Waals surface area contributed by atoms with Gasteiger partial charge in [0.15, 0.2) is 0 Å². The van der Waals surface area contributed by atoms with Crippen molar-refractivity contribution >= 4 is 11.9 Å². The van der Waals surface area contributed by atoms with Gasteiger partial charge < -0.3 is 9.30 Å². The second-order valence-corrected chi connectivity index (χ2v) is 4.27. The van der Waals surface area contributed by atoms with E-state index in [0.717, 1.165) is 5.69 Å². The zero-order valence-electron chi connectivity index (χ0n) is 11.3. The van der Waals surface area contributed by atoms with Crippen LogP contribution in [0.25, 0.3) is 5.69 Å². The smallest absolute Gasteiger partial charge is 0.336 e. The van der Waals surface area contributed by atoms with Gasteiger partial charge in [0.1, 0.15) is 0 Å². The van der Waals surface area contributed by atoms with Crippen molar-refractivity contribution in [2.24, 2.45) is 0 Å². The van der Waals surface area contributed by atoms with Gasteiger partial charge in [-0.05, 0) is 30.3 Å². The van der Waals surface area contributed by atoms with Crippen molar-refractivity contribution in [1.29, 1.82) is 0 Å². The van der Waals surface area contributed by atoms with Crippen LogP contribution in [-0.2, 0) is 0 Å². The fourth-order valence-corrected chi connectivity index (χ4v) is 1.89. The lowest BCUT2D eigenvalue weighted by atomic mass is 10.2. The van der Waals surface area contributed by atoms with E-state index in [-0.39, 0.29) is 17.9 Å². The Kier molecular flexibility index (Phi) is 3.38. The molecule has 2 heterocycles. The number of aromatic nitrogens is 4. The molecule has 2 aromatic heterocycles.